The second-order valence-corrected chi connectivity index (χ2v) is 7.11. The first-order valence-electron chi connectivity index (χ1n) is 8.83. The average Bonchev–Trinajstić information content (AvgIpc) is 2.91. The van der Waals surface area contributed by atoms with E-state index >= 15 is 0 Å². The van der Waals surface area contributed by atoms with Gasteiger partial charge in [-0.25, -0.2) is 4.79 Å². The van der Waals surface area contributed by atoms with Crippen molar-refractivity contribution in [1.29, 1.82) is 0 Å². The minimum atomic E-state index is -0.659. The molecular formula is C22H20N2O3. The monoisotopic (exact) mass is 360 g/mol. The van der Waals surface area contributed by atoms with Gasteiger partial charge in [0.25, 0.3) is 5.56 Å². The third kappa shape index (κ3) is 3.01. The summed E-state index contributed by atoms with van der Waals surface area (Å²) in [5, 5.41) is 0. The number of H-pyrrole nitrogens is 1. The van der Waals surface area contributed by atoms with Gasteiger partial charge >= 0.3 is 6.09 Å². The van der Waals surface area contributed by atoms with Crippen LogP contribution in [-0.2, 0) is 4.74 Å². The predicted octanol–water partition coefficient (Wildman–Crippen LogP) is 4.52. The summed E-state index contributed by atoms with van der Waals surface area (Å²) in [7, 11) is 0. The molecule has 0 radical (unpaired) electrons. The highest BCUT2D eigenvalue weighted by atomic mass is 16.6. The van der Waals surface area contributed by atoms with Crippen LogP contribution in [0.15, 0.2) is 77.7 Å². The molecule has 1 fully saturated rings. The van der Waals surface area contributed by atoms with E-state index in [1.54, 1.807) is 23.2 Å². The van der Waals surface area contributed by atoms with Crippen molar-refractivity contribution < 1.29 is 9.53 Å². The number of carbonyl (C=O) groups is 1. The molecule has 1 saturated heterocycles. The van der Waals surface area contributed by atoms with Gasteiger partial charge in [0.15, 0.2) is 0 Å². The maximum Gasteiger partial charge on any atom is 0.415 e. The highest BCUT2D eigenvalue weighted by Crippen LogP contribution is 2.43. The number of carbonyl (C=O) groups excluding carboxylic acids is 1. The molecule has 1 aliphatic rings. The fourth-order valence-corrected chi connectivity index (χ4v) is 3.64. The van der Waals surface area contributed by atoms with Crippen LogP contribution in [0.5, 0.6) is 0 Å². The zero-order chi connectivity index (χ0) is 19.0. The third-order valence-corrected chi connectivity index (χ3v) is 4.85. The molecule has 1 N–H and O–H groups in total. The number of aromatic nitrogens is 1. The van der Waals surface area contributed by atoms with Crippen molar-refractivity contribution in [2.45, 2.75) is 25.5 Å². The van der Waals surface area contributed by atoms with E-state index in [0.717, 1.165) is 16.8 Å². The molecule has 2 aromatic carbocycles. The van der Waals surface area contributed by atoms with Gasteiger partial charge in [0.2, 0.25) is 0 Å². The van der Waals surface area contributed by atoms with Crippen molar-refractivity contribution >= 4 is 11.8 Å². The molecule has 5 nitrogen and oxygen atoms in total. The minimum Gasteiger partial charge on any atom is -0.441 e. The van der Waals surface area contributed by atoms with E-state index in [1.165, 1.54) is 0 Å². The Balaban J connectivity index is 1.74. The van der Waals surface area contributed by atoms with Crippen LogP contribution in [0.3, 0.4) is 0 Å². The zero-order valence-corrected chi connectivity index (χ0v) is 15.2. The first-order chi connectivity index (χ1) is 13.0. The summed E-state index contributed by atoms with van der Waals surface area (Å²) < 4.78 is 5.65. The Labute approximate surface area is 157 Å². The summed E-state index contributed by atoms with van der Waals surface area (Å²) >= 11 is 0. The SMILES string of the molecule is CC1(C)OC(=O)N(c2ccc(-c3ccc[nH]c3=O)cc2)[C@H]1c1ccccc1. The maximum atomic E-state index is 12.6. The fourth-order valence-electron chi connectivity index (χ4n) is 3.64. The van der Waals surface area contributed by atoms with Crippen LogP contribution in [0, 0.1) is 0 Å². The molecule has 5 heteroatoms. The smallest absolute Gasteiger partial charge is 0.415 e. The maximum absolute atomic E-state index is 12.6. The molecule has 3 aromatic rings. The van der Waals surface area contributed by atoms with E-state index in [0.29, 0.717) is 5.56 Å². The summed E-state index contributed by atoms with van der Waals surface area (Å²) in [6.07, 6.45) is 1.23. The summed E-state index contributed by atoms with van der Waals surface area (Å²) in [5.41, 5.74) is 2.33. The van der Waals surface area contributed by atoms with Crippen molar-refractivity contribution in [3.8, 4) is 11.1 Å². The molecule has 0 saturated carbocycles. The van der Waals surface area contributed by atoms with Crippen molar-refractivity contribution in [3.05, 3.63) is 88.8 Å². The number of nitrogens with zero attached hydrogens (tertiary/aromatic N) is 1. The number of rotatable bonds is 3. The van der Waals surface area contributed by atoms with Crippen molar-refractivity contribution in [2.24, 2.45) is 0 Å². The highest BCUT2D eigenvalue weighted by Gasteiger charge is 2.49. The number of nitrogens with one attached hydrogen (secondary N) is 1. The summed E-state index contributed by atoms with van der Waals surface area (Å²) in [6.45, 7) is 3.83. The Morgan fingerprint density at radius 2 is 1.63 bits per heavy atom. The Kier molecular flexibility index (Phi) is 4.07. The molecule has 0 unspecified atom stereocenters. The van der Waals surface area contributed by atoms with Crippen LogP contribution >= 0.6 is 0 Å². The van der Waals surface area contributed by atoms with Crippen LogP contribution in [0.4, 0.5) is 10.5 Å². The molecule has 27 heavy (non-hydrogen) atoms. The number of cyclic esters (lactones) is 1. The molecule has 1 atom stereocenters. The van der Waals surface area contributed by atoms with Gasteiger partial charge in [-0.2, -0.15) is 0 Å². The lowest BCUT2D eigenvalue weighted by atomic mass is 9.91. The first kappa shape index (κ1) is 17.1. The number of anilines is 1. The largest absolute Gasteiger partial charge is 0.441 e. The standard InChI is InChI=1S/C22H20N2O3/c1-22(2)19(16-7-4-3-5-8-16)24(21(26)27-22)17-12-10-15(11-13-17)18-9-6-14-23-20(18)25/h3-14,19H,1-2H3,(H,23,25)/t19-/m0/s1. The molecule has 0 bridgehead atoms. The van der Waals surface area contributed by atoms with Gasteiger partial charge in [0.05, 0.1) is 0 Å². The Morgan fingerprint density at radius 3 is 2.30 bits per heavy atom. The zero-order valence-electron chi connectivity index (χ0n) is 15.2. The molecule has 4 rings (SSSR count). The molecule has 1 aliphatic heterocycles. The topological polar surface area (TPSA) is 62.4 Å². The van der Waals surface area contributed by atoms with Gasteiger partial charge in [0, 0.05) is 17.4 Å². The molecule has 1 amide bonds. The van der Waals surface area contributed by atoms with Gasteiger partial charge < -0.3 is 9.72 Å². The van der Waals surface area contributed by atoms with E-state index in [9.17, 15) is 9.59 Å². The van der Waals surface area contributed by atoms with Crippen LogP contribution in [0.25, 0.3) is 11.1 Å². The van der Waals surface area contributed by atoms with Crippen LogP contribution in [0.2, 0.25) is 0 Å². The predicted molar refractivity (Wildman–Crippen MR) is 105 cm³/mol. The molecule has 0 aliphatic carbocycles. The van der Waals surface area contributed by atoms with Crippen molar-refractivity contribution in [3.63, 3.8) is 0 Å². The van der Waals surface area contributed by atoms with Crippen LogP contribution in [0.1, 0.15) is 25.5 Å². The van der Waals surface area contributed by atoms with Gasteiger partial charge in [-0.05, 0) is 49.2 Å². The second-order valence-electron chi connectivity index (χ2n) is 7.11. The Morgan fingerprint density at radius 1 is 0.926 bits per heavy atom. The Bertz CT molecular complexity index is 1020. The number of amides is 1. The normalized spacial score (nSPS) is 18.4. The fraction of sp³-hybridized carbons (Fsp3) is 0.182. The van der Waals surface area contributed by atoms with E-state index in [4.69, 9.17) is 4.74 Å². The summed E-state index contributed by atoms with van der Waals surface area (Å²) in [4.78, 5) is 29.0. The molecule has 2 heterocycles. The summed E-state index contributed by atoms with van der Waals surface area (Å²) in [6, 6.07) is 20.6. The molecular weight excluding hydrogens is 340 g/mol. The van der Waals surface area contributed by atoms with E-state index in [-0.39, 0.29) is 17.7 Å². The minimum absolute atomic E-state index is 0.144. The number of pyridine rings is 1. The number of benzene rings is 2. The second kappa shape index (κ2) is 6.43. The molecule has 1 aromatic heterocycles. The van der Waals surface area contributed by atoms with Crippen molar-refractivity contribution in [1.82, 2.24) is 4.98 Å². The third-order valence-electron chi connectivity index (χ3n) is 4.85. The quantitative estimate of drug-likeness (QED) is 0.747. The van der Waals surface area contributed by atoms with Crippen LogP contribution in [-0.4, -0.2) is 16.7 Å². The van der Waals surface area contributed by atoms with Gasteiger partial charge in [-0.1, -0.05) is 42.5 Å². The van der Waals surface area contributed by atoms with Gasteiger partial charge in [-0.15, -0.1) is 0 Å². The molecule has 0 spiro atoms. The first-order valence-corrected chi connectivity index (χ1v) is 8.83. The Hall–Kier alpha value is -3.34. The van der Waals surface area contributed by atoms with Gasteiger partial charge in [0.1, 0.15) is 11.6 Å². The highest BCUT2D eigenvalue weighted by molar-refractivity contribution is 5.92. The number of hydrogen-bond donors (Lipinski definition) is 1. The van der Waals surface area contributed by atoms with Crippen LogP contribution < -0.4 is 10.5 Å². The van der Waals surface area contributed by atoms with E-state index in [2.05, 4.69) is 4.98 Å². The van der Waals surface area contributed by atoms with Gasteiger partial charge in [-0.3, -0.25) is 9.69 Å². The average molecular weight is 360 g/mol. The lowest BCUT2D eigenvalue weighted by molar-refractivity contribution is 0.0685. The summed E-state index contributed by atoms with van der Waals surface area (Å²) in [5.74, 6) is 0. The number of hydrogen-bond acceptors (Lipinski definition) is 3. The van der Waals surface area contributed by atoms with E-state index in [1.807, 2.05) is 68.4 Å². The molecule has 136 valence electrons. The number of aromatic amines is 1. The number of ether oxygens (including phenoxy) is 1. The lowest BCUT2D eigenvalue weighted by Gasteiger charge is -2.29. The van der Waals surface area contributed by atoms with Crippen molar-refractivity contribution in [2.75, 3.05) is 4.90 Å². The van der Waals surface area contributed by atoms with E-state index < -0.39 is 5.60 Å². The lowest BCUT2D eigenvalue weighted by Crippen LogP contribution is -2.33.